The molecule has 0 aromatic rings. The summed E-state index contributed by atoms with van der Waals surface area (Å²) in [6.45, 7) is 19.0. The summed E-state index contributed by atoms with van der Waals surface area (Å²) in [7, 11) is 5.67. The minimum atomic E-state index is -0.230. The number of likely N-dealkylation sites (N-methyl/N-ethyl adjacent to an activating group) is 3. The molecule has 5 nitrogen and oxygen atoms in total. The molecule has 142 valence electrons. The van der Waals surface area contributed by atoms with Crippen LogP contribution in [0, 0.1) is 0 Å². The largest absolute Gasteiger partial charge is 0.336 e. The van der Waals surface area contributed by atoms with E-state index in [2.05, 4.69) is 20.8 Å². The van der Waals surface area contributed by atoms with Crippen molar-refractivity contribution in [2.75, 3.05) is 34.2 Å². The van der Waals surface area contributed by atoms with Gasteiger partial charge in [0.2, 0.25) is 0 Å². The first kappa shape index (κ1) is 22.9. The average Bonchev–Trinajstić information content (AvgIpc) is 2.32. The fraction of sp³-hybridized carbons (Fsp3) is 0.895. The molecule has 24 heavy (non-hydrogen) atoms. The lowest BCUT2D eigenvalue weighted by Gasteiger charge is -2.47. The molecule has 0 fully saturated rings. The summed E-state index contributed by atoms with van der Waals surface area (Å²) in [5.41, 5.74) is -0.680. The number of nitrogens with zero attached hydrogens (tertiary/aromatic N) is 3. The van der Waals surface area contributed by atoms with Gasteiger partial charge in [0.05, 0.1) is 12.6 Å². The minimum Gasteiger partial charge on any atom is -0.336 e. The number of carbonyl (C=O) groups excluding carboxylic acids is 2. The summed E-state index contributed by atoms with van der Waals surface area (Å²) >= 11 is 0. The third kappa shape index (κ3) is 5.76. The van der Waals surface area contributed by atoms with Crippen molar-refractivity contribution in [3.8, 4) is 0 Å². The lowest BCUT2D eigenvalue weighted by molar-refractivity contribution is -0.939. The molecule has 0 aliphatic rings. The molecule has 0 heterocycles. The van der Waals surface area contributed by atoms with Gasteiger partial charge in [-0.3, -0.25) is 9.59 Å². The number of amides is 2. The van der Waals surface area contributed by atoms with Gasteiger partial charge in [-0.2, -0.15) is 0 Å². The van der Waals surface area contributed by atoms with E-state index in [0.29, 0.717) is 17.6 Å². The number of hydrogen-bond donors (Lipinski definition) is 0. The Morgan fingerprint density at radius 3 is 1.12 bits per heavy atom. The fourth-order valence-electron chi connectivity index (χ4n) is 2.09. The summed E-state index contributed by atoms with van der Waals surface area (Å²) in [4.78, 5) is 29.1. The van der Waals surface area contributed by atoms with Crippen LogP contribution in [0.25, 0.3) is 0 Å². The molecule has 2 amide bonds. The third-order valence-corrected chi connectivity index (χ3v) is 5.35. The van der Waals surface area contributed by atoms with Crippen molar-refractivity contribution < 1.29 is 14.1 Å². The molecule has 5 heteroatoms. The van der Waals surface area contributed by atoms with Gasteiger partial charge >= 0.3 is 0 Å². The molecule has 0 saturated heterocycles. The Hall–Kier alpha value is -1.10. The molecule has 0 aliphatic carbocycles. The van der Waals surface area contributed by atoms with Crippen molar-refractivity contribution in [1.82, 2.24) is 9.80 Å². The Morgan fingerprint density at radius 2 is 0.958 bits per heavy atom. The molecular formula is C19H40N3O2+. The van der Waals surface area contributed by atoms with E-state index in [0.717, 1.165) is 0 Å². The van der Waals surface area contributed by atoms with Crippen LogP contribution in [0.4, 0.5) is 0 Å². The molecule has 0 spiro atoms. The van der Waals surface area contributed by atoms with E-state index in [9.17, 15) is 9.59 Å². The molecule has 0 N–H and O–H groups in total. The van der Waals surface area contributed by atoms with Crippen LogP contribution < -0.4 is 0 Å². The van der Waals surface area contributed by atoms with Gasteiger partial charge < -0.3 is 14.3 Å². The van der Waals surface area contributed by atoms with E-state index >= 15 is 0 Å². The van der Waals surface area contributed by atoms with Crippen molar-refractivity contribution in [2.45, 2.75) is 78.9 Å². The van der Waals surface area contributed by atoms with E-state index in [-0.39, 0.29) is 28.4 Å². The van der Waals surface area contributed by atoms with Gasteiger partial charge in [-0.05, 0) is 62.3 Å². The second-order valence-electron chi connectivity index (χ2n) is 10.1. The third-order valence-electron chi connectivity index (χ3n) is 5.35. The average molecular weight is 343 g/mol. The summed E-state index contributed by atoms with van der Waals surface area (Å²) in [5.74, 6) is 0.122. The Morgan fingerprint density at radius 1 is 0.708 bits per heavy atom. The standard InChI is InChI=1S/C19H40N3O2/c1-17(2,3)20(10)15(23)13-22(12,19(7,8)9)14-16(24)21(11)18(4,5)6/h13-14H2,1-12H3/q+1. The lowest BCUT2D eigenvalue weighted by atomic mass is 10.00. The van der Waals surface area contributed by atoms with Crippen LogP contribution in [0.5, 0.6) is 0 Å². The van der Waals surface area contributed by atoms with E-state index < -0.39 is 0 Å². The number of quaternary nitrogens is 1. The van der Waals surface area contributed by atoms with Crippen molar-refractivity contribution in [3.63, 3.8) is 0 Å². The van der Waals surface area contributed by atoms with Crippen molar-refractivity contribution in [2.24, 2.45) is 0 Å². The number of hydrogen-bond acceptors (Lipinski definition) is 2. The lowest BCUT2D eigenvalue weighted by Crippen LogP contribution is -2.65. The quantitative estimate of drug-likeness (QED) is 0.737. The zero-order chi connectivity index (χ0) is 19.7. The molecule has 0 aromatic carbocycles. The molecular weight excluding hydrogens is 302 g/mol. The summed E-state index contributed by atoms with van der Waals surface area (Å²) < 4.78 is 0.380. The molecule has 0 aromatic heterocycles. The van der Waals surface area contributed by atoms with Crippen LogP contribution in [-0.4, -0.2) is 76.9 Å². The highest BCUT2D eigenvalue weighted by atomic mass is 16.2. The van der Waals surface area contributed by atoms with Crippen LogP contribution in [0.1, 0.15) is 62.3 Å². The Balaban J connectivity index is 5.48. The SMILES string of the molecule is CN(C(=O)C[N+](C)(CC(=O)N(C)C(C)(C)C)C(C)(C)C)C(C)(C)C. The van der Waals surface area contributed by atoms with Crippen LogP contribution in [0.15, 0.2) is 0 Å². The van der Waals surface area contributed by atoms with Gasteiger partial charge in [0, 0.05) is 25.2 Å². The van der Waals surface area contributed by atoms with E-state index in [4.69, 9.17) is 0 Å². The van der Waals surface area contributed by atoms with Gasteiger partial charge in [-0.25, -0.2) is 0 Å². The molecule has 0 radical (unpaired) electrons. The van der Waals surface area contributed by atoms with Gasteiger partial charge in [-0.15, -0.1) is 0 Å². The molecule has 0 saturated carbocycles. The Kier molecular flexibility index (Phi) is 6.70. The van der Waals surface area contributed by atoms with Crippen molar-refractivity contribution in [1.29, 1.82) is 0 Å². The topological polar surface area (TPSA) is 40.6 Å². The van der Waals surface area contributed by atoms with E-state index in [1.165, 1.54) is 0 Å². The highest BCUT2D eigenvalue weighted by Crippen LogP contribution is 2.24. The first-order valence-corrected chi connectivity index (χ1v) is 8.71. The highest BCUT2D eigenvalue weighted by molar-refractivity contribution is 5.80. The maximum absolute atomic E-state index is 12.8. The molecule has 0 aliphatic heterocycles. The maximum atomic E-state index is 12.8. The van der Waals surface area contributed by atoms with Gasteiger partial charge in [0.1, 0.15) is 0 Å². The summed E-state index contributed by atoms with van der Waals surface area (Å²) in [6, 6.07) is 0. The van der Waals surface area contributed by atoms with Crippen molar-refractivity contribution in [3.05, 3.63) is 0 Å². The zero-order valence-electron chi connectivity index (χ0n) is 18.1. The zero-order valence-corrected chi connectivity index (χ0v) is 18.1. The van der Waals surface area contributed by atoms with Gasteiger partial charge in [-0.1, -0.05) is 0 Å². The normalized spacial score (nSPS) is 13.7. The summed E-state index contributed by atoms with van der Waals surface area (Å²) in [6.07, 6.45) is 0. The van der Waals surface area contributed by atoms with E-state index in [1.807, 2.05) is 62.7 Å². The minimum absolute atomic E-state index is 0.0612. The molecule has 0 atom stereocenters. The first-order valence-electron chi connectivity index (χ1n) is 8.71. The van der Waals surface area contributed by atoms with E-state index in [1.54, 1.807) is 9.80 Å². The van der Waals surface area contributed by atoms with Crippen LogP contribution in [0.3, 0.4) is 0 Å². The summed E-state index contributed by atoms with van der Waals surface area (Å²) in [5, 5.41) is 0. The Labute approximate surface area is 149 Å². The smallest absolute Gasteiger partial charge is 0.278 e. The molecule has 0 rings (SSSR count). The fourth-order valence-corrected chi connectivity index (χ4v) is 2.09. The number of carbonyl (C=O) groups is 2. The van der Waals surface area contributed by atoms with Crippen LogP contribution >= 0.6 is 0 Å². The van der Waals surface area contributed by atoms with Crippen LogP contribution in [0.2, 0.25) is 0 Å². The predicted molar refractivity (Wildman–Crippen MR) is 101 cm³/mol. The first-order chi connectivity index (χ1) is 10.3. The van der Waals surface area contributed by atoms with Crippen molar-refractivity contribution >= 4 is 11.8 Å². The second kappa shape index (κ2) is 7.03. The maximum Gasteiger partial charge on any atom is 0.278 e. The second-order valence-corrected chi connectivity index (χ2v) is 10.1. The number of rotatable bonds is 4. The van der Waals surface area contributed by atoms with Gasteiger partial charge in [0.15, 0.2) is 13.1 Å². The Bertz CT molecular complexity index is 430. The predicted octanol–water partition coefficient (Wildman–Crippen LogP) is 2.75. The van der Waals surface area contributed by atoms with Crippen LogP contribution in [-0.2, 0) is 9.59 Å². The highest BCUT2D eigenvalue weighted by Gasteiger charge is 2.42. The molecule has 0 bridgehead atoms. The molecule has 0 unspecified atom stereocenters. The van der Waals surface area contributed by atoms with Gasteiger partial charge in [0.25, 0.3) is 11.8 Å². The monoisotopic (exact) mass is 342 g/mol.